The van der Waals surface area contributed by atoms with Gasteiger partial charge >= 0.3 is 0 Å². The molecule has 0 bridgehead atoms. The first-order chi connectivity index (χ1) is 8.43. The van der Waals surface area contributed by atoms with Crippen LogP contribution in [0.3, 0.4) is 0 Å². The second-order valence-electron chi connectivity index (χ2n) is 3.99. The van der Waals surface area contributed by atoms with Crippen molar-refractivity contribution >= 4 is 18.1 Å². The Morgan fingerprint density at radius 1 is 1.06 bits per heavy atom. The van der Waals surface area contributed by atoms with Crippen LogP contribution >= 0.6 is 12.4 Å². The second kappa shape index (κ2) is 5.65. The van der Waals surface area contributed by atoms with Gasteiger partial charge in [0.25, 0.3) is 0 Å². The highest BCUT2D eigenvalue weighted by Gasteiger charge is 2.23. The molecule has 1 aliphatic rings. The number of benzene rings is 1. The van der Waals surface area contributed by atoms with Crippen LogP contribution in [0.5, 0.6) is 0 Å². The fourth-order valence-electron chi connectivity index (χ4n) is 1.93. The zero-order valence-corrected chi connectivity index (χ0v) is 10.5. The van der Waals surface area contributed by atoms with Gasteiger partial charge in [0.2, 0.25) is 0 Å². The Morgan fingerprint density at radius 2 is 1.89 bits per heavy atom. The summed E-state index contributed by atoms with van der Waals surface area (Å²) >= 11 is 0. The van der Waals surface area contributed by atoms with Crippen molar-refractivity contribution in [2.24, 2.45) is 5.16 Å². The molecule has 1 unspecified atom stereocenters. The van der Waals surface area contributed by atoms with E-state index in [0.717, 1.165) is 23.3 Å². The Hall–Kier alpha value is -1.87. The summed E-state index contributed by atoms with van der Waals surface area (Å²) in [5.74, 6) is 0. The molecule has 1 aliphatic heterocycles. The molecule has 3 rings (SSSR count). The molecule has 4 heteroatoms. The maximum Gasteiger partial charge on any atom is 0.158 e. The van der Waals surface area contributed by atoms with Crippen molar-refractivity contribution in [3.8, 4) is 0 Å². The van der Waals surface area contributed by atoms with Crippen molar-refractivity contribution < 1.29 is 4.84 Å². The van der Waals surface area contributed by atoms with Crippen LogP contribution in [0.2, 0.25) is 0 Å². The van der Waals surface area contributed by atoms with Gasteiger partial charge in [-0.15, -0.1) is 12.4 Å². The van der Waals surface area contributed by atoms with E-state index >= 15 is 0 Å². The minimum absolute atomic E-state index is 0. The highest BCUT2D eigenvalue weighted by Crippen LogP contribution is 2.28. The zero-order chi connectivity index (χ0) is 11.5. The molecule has 2 heterocycles. The highest BCUT2D eigenvalue weighted by atomic mass is 35.5. The van der Waals surface area contributed by atoms with Crippen LogP contribution in [0.15, 0.2) is 60.0 Å². The SMILES string of the molecule is Cl.c1ccc(C2CC(c3cccnc3)=NO2)cc1. The lowest BCUT2D eigenvalue weighted by molar-refractivity contribution is 0.0857. The number of nitrogens with zero attached hydrogens (tertiary/aromatic N) is 2. The molecule has 18 heavy (non-hydrogen) atoms. The van der Waals surface area contributed by atoms with Gasteiger partial charge in [-0.3, -0.25) is 4.98 Å². The summed E-state index contributed by atoms with van der Waals surface area (Å²) in [6, 6.07) is 14.1. The minimum Gasteiger partial charge on any atom is -0.387 e. The highest BCUT2D eigenvalue weighted by molar-refractivity contribution is 6.01. The summed E-state index contributed by atoms with van der Waals surface area (Å²) in [6.07, 6.45) is 4.41. The van der Waals surface area contributed by atoms with Gasteiger partial charge in [-0.25, -0.2) is 0 Å². The lowest BCUT2D eigenvalue weighted by Gasteiger charge is -2.07. The molecule has 0 amide bonds. The third-order valence-corrected chi connectivity index (χ3v) is 2.84. The molecular weight excluding hydrogens is 248 g/mol. The van der Waals surface area contributed by atoms with Crippen LogP contribution in [0, 0.1) is 0 Å². The monoisotopic (exact) mass is 260 g/mol. The van der Waals surface area contributed by atoms with Crippen LogP contribution in [-0.4, -0.2) is 10.7 Å². The van der Waals surface area contributed by atoms with Crippen LogP contribution in [0.1, 0.15) is 23.7 Å². The number of pyridine rings is 1. The Labute approximate surface area is 112 Å². The molecule has 1 aromatic carbocycles. The van der Waals surface area contributed by atoms with E-state index in [1.54, 1.807) is 6.20 Å². The van der Waals surface area contributed by atoms with E-state index in [4.69, 9.17) is 4.84 Å². The molecule has 0 N–H and O–H groups in total. The van der Waals surface area contributed by atoms with E-state index in [0.29, 0.717) is 0 Å². The molecule has 92 valence electrons. The van der Waals surface area contributed by atoms with Crippen molar-refractivity contribution in [1.82, 2.24) is 4.98 Å². The topological polar surface area (TPSA) is 34.5 Å². The largest absolute Gasteiger partial charge is 0.387 e. The fraction of sp³-hybridized carbons (Fsp3) is 0.143. The summed E-state index contributed by atoms with van der Waals surface area (Å²) < 4.78 is 0. The van der Waals surface area contributed by atoms with Gasteiger partial charge in [0.15, 0.2) is 6.10 Å². The lowest BCUT2D eigenvalue weighted by atomic mass is 10.0. The summed E-state index contributed by atoms with van der Waals surface area (Å²) in [6.45, 7) is 0. The van der Waals surface area contributed by atoms with Crippen molar-refractivity contribution in [2.75, 3.05) is 0 Å². The first-order valence-corrected chi connectivity index (χ1v) is 5.61. The number of aromatic nitrogens is 1. The predicted molar refractivity (Wildman–Crippen MR) is 72.9 cm³/mol. The van der Waals surface area contributed by atoms with Gasteiger partial charge in [0.05, 0.1) is 5.71 Å². The van der Waals surface area contributed by atoms with Crippen molar-refractivity contribution in [2.45, 2.75) is 12.5 Å². The van der Waals surface area contributed by atoms with E-state index in [2.05, 4.69) is 22.3 Å². The number of halogens is 1. The molecule has 0 spiro atoms. The summed E-state index contributed by atoms with van der Waals surface area (Å²) in [4.78, 5) is 9.56. The molecule has 0 radical (unpaired) electrons. The molecule has 0 saturated heterocycles. The molecule has 2 aromatic rings. The summed E-state index contributed by atoms with van der Waals surface area (Å²) in [7, 11) is 0. The Morgan fingerprint density at radius 3 is 2.61 bits per heavy atom. The molecule has 1 atom stereocenters. The van der Waals surface area contributed by atoms with E-state index in [9.17, 15) is 0 Å². The Bertz CT molecular complexity index is 528. The van der Waals surface area contributed by atoms with Crippen molar-refractivity contribution in [3.05, 3.63) is 66.0 Å². The second-order valence-corrected chi connectivity index (χ2v) is 3.99. The normalized spacial score (nSPS) is 17.6. The molecular formula is C14H13ClN2O. The van der Waals surface area contributed by atoms with Gasteiger partial charge in [-0.05, 0) is 17.7 Å². The molecule has 0 saturated carbocycles. The fourth-order valence-corrected chi connectivity index (χ4v) is 1.93. The third kappa shape index (κ3) is 2.51. The van der Waals surface area contributed by atoms with E-state index in [1.165, 1.54) is 0 Å². The Kier molecular flexibility index (Phi) is 3.95. The van der Waals surface area contributed by atoms with Crippen LogP contribution < -0.4 is 0 Å². The summed E-state index contributed by atoms with van der Waals surface area (Å²) in [5.41, 5.74) is 3.16. The molecule has 0 aliphatic carbocycles. The van der Waals surface area contributed by atoms with Gasteiger partial charge in [-0.1, -0.05) is 35.5 Å². The third-order valence-electron chi connectivity index (χ3n) is 2.84. The standard InChI is InChI=1S/C14H12N2O.ClH/c1-2-5-11(6-3-1)14-9-13(16-17-14)12-7-4-8-15-10-12;/h1-8,10,14H,9H2;1H. The van der Waals surface area contributed by atoms with Gasteiger partial charge in [0, 0.05) is 24.4 Å². The number of oxime groups is 1. The number of hydrogen-bond acceptors (Lipinski definition) is 3. The van der Waals surface area contributed by atoms with Gasteiger partial charge in [-0.2, -0.15) is 0 Å². The number of hydrogen-bond donors (Lipinski definition) is 0. The average Bonchev–Trinajstić information content (AvgIpc) is 2.90. The predicted octanol–water partition coefficient (Wildman–Crippen LogP) is 3.37. The van der Waals surface area contributed by atoms with E-state index in [-0.39, 0.29) is 18.5 Å². The van der Waals surface area contributed by atoms with Crippen molar-refractivity contribution in [3.63, 3.8) is 0 Å². The first-order valence-electron chi connectivity index (χ1n) is 5.61. The van der Waals surface area contributed by atoms with Gasteiger partial charge < -0.3 is 4.84 Å². The Balaban J connectivity index is 0.00000120. The van der Waals surface area contributed by atoms with Crippen LogP contribution in [-0.2, 0) is 4.84 Å². The van der Waals surface area contributed by atoms with Gasteiger partial charge in [0.1, 0.15) is 0 Å². The molecule has 0 fully saturated rings. The van der Waals surface area contributed by atoms with E-state index < -0.39 is 0 Å². The van der Waals surface area contributed by atoms with Crippen molar-refractivity contribution in [1.29, 1.82) is 0 Å². The smallest absolute Gasteiger partial charge is 0.158 e. The van der Waals surface area contributed by atoms with Crippen LogP contribution in [0.25, 0.3) is 0 Å². The minimum atomic E-state index is 0. The maximum absolute atomic E-state index is 5.47. The zero-order valence-electron chi connectivity index (χ0n) is 9.69. The maximum atomic E-state index is 5.47. The summed E-state index contributed by atoms with van der Waals surface area (Å²) in [5, 5.41) is 4.14. The lowest BCUT2D eigenvalue weighted by Crippen LogP contribution is -2.01. The first kappa shape index (κ1) is 12.6. The number of rotatable bonds is 2. The van der Waals surface area contributed by atoms with Crippen LogP contribution in [0.4, 0.5) is 0 Å². The molecule has 1 aromatic heterocycles. The quantitative estimate of drug-likeness (QED) is 0.830. The molecule has 3 nitrogen and oxygen atoms in total. The average molecular weight is 261 g/mol. The van der Waals surface area contributed by atoms with E-state index in [1.807, 2.05) is 36.5 Å².